The van der Waals surface area contributed by atoms with Gasteiger partial charge in [-0.2, -0.15) is 0 Å². The molecule has 4 aromatic rings. The van der Waals surface area contributed by atoms with Crippen LogP contribution in [0.15, 0.2) is 82.6 Å². The summed E-state index contributed by atoms with van der Waals surface area (Å²) in [5.74, 6) is 0. The molecule has 36 heavy (non-hydrogen) atoms. The smallest absolute Gasteiger partial charge is 0.0773 e. The van der Waals surface area contributed by atoms with E-state index < -0.39 is 12.1 Å². The third-order valence-corrected chi connectivity index (χ3v) is 8.33. The van der Waals surface area contributed by atoms with Crippen LogP contribution in [0.4, 0.5) is 11.4 Å². The van der Waals surface area contributed by atoms with Crippen molar-refractivity contribution >= 4 is 106 Å². The molecule has 2 nitrogen and oxygen atoms in total. The number of halogens is 6. The highest BCUT2D eigenvalue weighted by Gasteiger charge is 2.31. The van der Waals surface area contributed by atoms with E-state index in [4.69, 9.17) is 69.6 Å². The first-order valence-electron chi connectivity index (χ1n) is 10.5. The Kier molecular flexibility index (Phi) is 9.46. The lowest BCUT2D eigenvalue weighted by Gasteiger charge is -2.33. The molecule has 0 aromatic heterocycles. The molecule has 2 N–H and O–H groups in total. The van der Waals surface area contributed by atoms with Crippen LogP contribution < -0.4 is 10.6 Å². The molecule has 0 saturated heterocycles. The van der Waals surface area contributed by atoms with Gasteiger partial charge in [-0.15, -0.1) is 25.3 Å². The first-order chi connectivity index (χ1) is 17.2. The van der Waals surface area contributed by atoms with Gasteiger partial charge in [0, 0.05) is 31.2 Å². The SMILES string of the molecule is Sc1ccccc1N[C@@H](c1cc(Cl)cc(Cl)c1Cl)[C@@H](Nc1ccccc1S)c1cc(Cl)cc(Cl)c1Cl. The van der Waals surface area contributed by atoms with Crippen LogP contribution in [0.1, 0.15) is 23.2 Å². The van der Waals surface area contributed by atoms with Crippen LogP contribution in [0.25, 0.3) is 0 Å². The van der Waals surface area contributed by atoms with Crippen molar-refractivity contribution in [2.45, 2.75) is 21.9 Å². The Morgan fingerprint density at radius 1 is 0.528 bits per heavy atom. The summed E-state index contributed by atoms with van der Waals surface area (Å²) in [4.78, 5) is 1.46. The average molecular weight is 635 g/mol. The number of nitrogens with one attached hydrogen (secondary N) is 2. The van der Waals surface area contributed by atoms with E-state index in [2.05, 4.69) is 35.9 Å². The highest BCUT2D eigenvalue weighted by atomic mass is 35.5. The van der Waals surface area contributed by atoms with Gasteiger partial charge < -0.3 is 10.6 Å². The largest absolute Gasteiger partial charge is 0.375 e. The topological polar surface area (TPSA) is 24.1 Å². The first kappa shape index (κ1) is 27.9. The first-order valence-corrected chi connectivity index (χ1v) is 13.7. The van der Waals surface area contributed by atoms with Crippen molar-refractivity contribution in [3.05, 3.63) is 114 Å². The molecule has 0 radical (unpaired) electrons. The zero-order valence-corrected chi connectivity index (χ0v) is 24.6. The Balaban J connectivity index is 1.98. The zero-order chi connectivity index (χ0) is 26.0. The number of hydrogen-bond acceptors (Lipinski definition) is 4. The van der Waals surface area contributed by atoms with Gasteiger partial charge in [0.05, 0.1) is 32.2 Å². The maximum atomic E-state index is 6.76. The molecule has 0 aliphatic carbocycles. The van der Waals surface area contributed by atoms with Crippen LogP contribution in [0, 0.1) is 0 Å². The second-order valence-corrected chi connectivity index (χ2v) is 11.3. The van der Waals surface area contributed by atoms with Gasteiger partial charge >= 0.3 is 0 Å². The molecule has 4 aromatic carbocycles. The fraction of sp³-hybridized carbons (Fsp3) is 0.0769. The Morgan fingerprint density at radius 3 is 1.25 bits per heavy atom. The number of anilines is 2. The number of benzene rings is 4. The minimum absolute atomic E-state index is 0.314. The lowest BCUT2D eigenvalue weighted by Crippen LogP contribution is -2.27. The Labute approximate surface area is 251 Å². The molecule has 0 bridgehead atoms. The molecular formula is C26H18Cl6N2S2. The van der Waals surface area contributed by atoms with E-state index in [0.717, 1.165) is 21.2 Å². The van der Waals surface area contributed by atoms with Crippen molar-refractivity contribution in [3.63, 3.8) is 0 Å². The van der Waals surface area contributed by atoms with Crippen LogP contribution in [-0.4, -0.2) is 0 Å². The van der Waals surface area contributed by atoms with Crippen molar-refractivity contribution in [2.75, 3.05) is 10.6 Å². The van der Waals surface area contributed by atoms with E-state index in [-0.39, 0.29) is 0 Å². The van der Waals surface area contributed by atoms with Gasteiger partial charge in [-0.1, -0.05) is 93.9 Å². The van der Waals surface area contributed by atoms with E-state index >= 15 is 0 Å². The van der Waals surface area contributed by atoms with Gasteiger partial charge in [-0.25, -0.2) is 0 Å². The molecule has 10 heteroatoms. The summed E-state index contributed by atoms with van der Waals surface area (Å²) >= 11 is 48.5. The summed E-state index contributed by atoms with van der Waals surface area (Å²) in [6, 6.07) is 20.7. The summed E-state index contributed by atoms with van der Waals surface area (Å²) in [5, 5.41) is 9.26. The predicted octanol–water partition coefficient (Wildman–Crippen LogP) is 11.2. The van der Waals surface area contributed by atoms with Crippen LogP contribution in [-0.2, 0) is 0 Å². The van der Waals surface area contributed by atoms with Crippen molar-refractivity contribution in [1.29, 1.82) is 0 Å². The molecule has 2 atom stereocenters. The molecule has 0 saturated carbocycles. The maximum Gasteiger partial charge on any atom is 0.0773 e. The molecule has 0 fully saturated rings. The van der Waals surface area contributed by atoms with Gasteiger partial charge in [-0.05, 0) is 59.7 Å². The van der Waals surface area contributed by atoms with Crippen LogP contribution in [0.5, 0.6) is 0 Å². The number of thiol groups is 2. The minimum Gasteiger partial charge on any atom is -0.375 e. The molecule has 0 heterocycles. The standard InChI is InChI=1S/C26H18Cl6N2S2/c27-13-9-15(23(31)17(29)11-13)25(33-19-5-1-3-7-21(19)35)26(34-20-6-2-4-8-22(20)36)16-10-14(28)12-18(30)24(16)32/h1-12,25-26,33-36H/t25-,26-/m0/s1. The summed E-state index contributed by atoms with van der Waals surface area (Å²) < 4.78 is 0. The Bertz CT molecular complexity index is 1310. The predicted molar refractivity (Wildman–Crippen MR) is 163 cm³/mol. The number of para-hydroxylation sites is 2. The van der Waals surface area contributed by atoms with Crippen molar-refractivity contribution in [3.8, 4) is 0 Å². The fourth-order valence-electron chi connectivity index (χ4n) is 3.81. The molecule has 0 unspecified atom stereocenters. The average Bonchev–Trinajstić information content (AvgIpc) is 2.83. The molecule has 0 spiro atoms. The van der Waals surface area contributed by atoms with E-state index in [9.17, 15) is 0 Å². The lowest BCUT2D eigenvalue weighted by molar-refractivity contribution is 0.647. The third-order valence-electron chi connectivity index (χ3n) is 5.48. The maximum absolute atomic E-state index is 6.76. The monoisotopic (exact) mass is 632 g/mol. The summed E-state index contributed by atoms with van der Waals surface area (Å²) in [7, 11) is 0. The van der Waals surface area contributed by atoms with Gasteiger partial charge in [0.25, 0.3) is 0 Å². The zero-order valence-electron chi connectivity index (χ0n) is 18.2. The van der Waals surface area contributed by atoms with E-state index in [1.165, 1.54) is 0 Å². The van der Waals surface area contributed by atoms with Crippen LogP contribution >= 0.6 is 94.9 Å². The van der Waals surface area contributed by atoms with Crippen molar-refractivity contribution < 1.29 is 0 Å². The van der Waals surface area contributed by atoms with E-state index in [0.29, 0.717) is 41.3 Å². The molecule has 186 valence electrons. The normalized spacial score (nSPS) is 12.8. The summed E-state index contributed by atoms with van der Waals surface area (Å²) in [5.41, 5.74) is 2.78. The van der Waals surface area contributed by atoms with E-state index in [1.54, 1.807) is 24.3 Å². The fourth-order valence-corrected chi connectivity index (χ4v) is 5.73. The van der Waals surface area contributed by atoms with Gasteiger partial charge in [0.15, 0.2) is 0 Å². The third kappa shape index (κ3) is 6.31. The van der Waals surface area contributed by atoms with E-state index in [1.807, 2.05) is 48.5 Å². The highest BCUT2D eigenvalue weighted by molar-refractivity contribution is 7.80. The number of rotatable bonds is 7. The molecule has 0 aliphatic rings. The Morgan fingerprint density at radius 2 is 0.889 bits per heavy atom. The summed E-state index contributed by atoms with van der Waals surface area (Å²) in [6.07, 6.45) is 0. The van der Waals surface area contributed by atoms with Gasteiger partial charge in [-0.3, -0.25) is 0 Å². The minimum atomic E-state index is -0.568. The second kappa shape index (κ2) is 12.2. The van der Waals surface area contributed by atoms with Gasteiger partial charge in [0.1, 0.15) is 0 Å². The Hall–Kier alpha value is -1.08. The lowest BCUT2D eigenvalue weighted by atomic mass is 9.92. The molecule has 0 aliphatic heterocycles. The molecular weight excluding hydrogens is 617 g/mol. The number of hydrogen-bond donors (Lipinski definition) is 4. The van der Waals surface area contributed by atoms with Crippen LogP contribution in [0.2, 0.25) is 30.1 Å². The van der Waals surface area contributed by atoms with Crippen LogP contribution in [0.3, 0.4) is 0 Å². The highest BCUT2D eigenvalue weighted by Crippen LogP contribution is 2.46. The van der Waals surface area contributed by atoms with Crippen molar-refractivity contribution in [2.24, 2.45) is 0 Å². The van der Waals surface area contributed by atoms with Gasteiger partial charge in [0.2, 0.25) is 0 Å². The quantitative estimate of drug-likeness (QED) is 0.120. The second-order valence-electron chi connectivity index (χ2n) is 7.86. The summed E-state index contributed by atoms with van der Waals surface area (Å²) in [6.45, 7) is 0. The van der Waals surface area contributed by atoms with Crippen molar-refractivity contribution in [1.82, 2.24) is 0 Å². The molecule has 4 rings (SSSR count). The molecule has 0 amide bonds.